The molecule has 0 bridgehead atoms. The van der Waals surface area contributed by atoms with E-state index in [0.717, 1.165) is 35.5 Å². The van der Waals surface area contributed by atoms with Crippen molar-refractivity contribution in [3.63, 3.8) is 0 Å². The lowest BCUT2D eigenvalue weighted by Crippen LogP contribution is -2.35. The van der Waals surface area contributed by atoms with Crippen LogP contribution < -0.4 is 15.5 Å². The Balaban J connectivity index is 1.70. The number of fused-ring (bicyclic) bond motifs is 1. The van der Waals surface area contributed by atoms with Crippen LogP contribution in [-0.4, -0.2) is 47.4 Å². The Morgan fingerprint density at radius 2 is 1.79 bits per heavy atom. The maximum atomic E-state index is 14.9. The number of aromatic nitrogens is 2. The van der Waals surface area contributed by atoms with Crippen molar-refractivity contribution in [2.75, 3.05) is 10.6 Å². The molecular formula is C25H22BF3N4O5S. The third kappa shape index (κ3) is 4.98. The lowest BCUT2D eigenvalue weighted by atomic mass is 9.79. The number of sulfonamides is 1. The second-order valence-corrected chi connectivity index (χ2v) is 11.3. The van der Waals surface area contributed by atoms with Crippen molar-refractivity contribution >= 4 is 39.7 Å². The molecule has 39 heavy (non-hydrogen) atoms. The number of nitrogens with zero attached hydrogens (tertiary/aromatic N) is 3. The Bertz CT molecular complexity index is 1720. The van der Waals surface area contributed by atoms with Crippen LogP contribution in [0.2, 0.25) is 0 Å². The summed E-state index contributed by atoms with van der Waals surface area (Å²) in [6, 6.07) is 8.90. The van der Waals surface area contributed by atoms with E-state index in [1.807, 2.05) is 0 Å². The predicted octanol–water partition coefficient (Wildman–Crippen LogP) is 2.04. The molecule has 4 N–H and O–H groups in total. The van der Waals surface area contributed by atoms with Crippen LogP contribution in [-0.2, 0) is 16.6 Å². The summed E-state index contributed by atoms with van der Waals surface area (Å²) < 4.78 is 70.9. The second-order valence-electron chi connectivity index (χ2n) is 9.40. The summed E-state index contributed by atoms with van der Waals surface area (Å²) in [4.78, 5) is 12.5. The normalized spacial score (nSPS) is 13.6. The lowest BCUT2D eigenvalue weighted by molar-refractivity contribution is 0.100. The third-order valence-electron chi connectivity index (χ3n) is 6.61. The largest absolute Gasteiger partial charge is 0.491 e. The Morgan fingerprint density at radius 1 is 1.13 bits per heavy atom. The van der Waals surface area contributed by atoms with Gasteiger partial charge in [-0.05, 0) is 54.7 Å². The Kier molecular flexibility index (Phi) is 6.65. The molecule has 9 nitrogen and oxygen atoms in total. The SMILES string of the molecule is CS(=O)(=O)N(Cc1ccc(B(O)O)c(F)c1F)c1cn2nc(-c3ccc(F)cc3)c(C(N)=O)c2cc1C1CC1. The number of halogens is 3. The average molecular weight is 558 g/mol. The smallest absolute Gasteiger partial charge is 0.423 e. The first-order chi connectivity index (χ1) is 18.4. The fourth-order valence-corrected chi connectivity index (χ4v) is 5.42. The van der Waals surface area contributed by atoms with E-state index in [2.05, 4.69) is 5.10 Å². The number of amides is 1. The van der Waals surface area contributed by atoms with Crippen LogP contribution in [0.1, 0.15) is 40.2 Å². The van der Waals surface area contributed by atoms with Crippen LogP contribution in [0.25, 0.3) is 16.8 Å². The molecule has 2 aromatic heterocycles. The zero-order chi connectivity index (χ0) is 28.2. The topological polar surface area (TPSA) is 138 Å². The fourth-order valence-electron chi connectivity index (χ4n) is 4.54. The number of primary amides is 1. The van der Waals surface area contributed by atoms with Gasteiger partial charge in [0.2, 0.25) is 10.0 Å². The summed E-state index contributed by atoms with van der Waals surface area (Å²) in [5.74, 6) is -4.27. The van der Waals surface area contributed by atoms with Gasteiger partial charge in [-0.2, -0.15) is 5.10 Å². The van der Waals surface area contributed by atoms with Crippen LogP contribution in [0.4, 0.5) is 18.9 Å². The first kappa shape index (κ1) is 26.7. The van der Waals surface area contributed by atoms with E-state index in [9.17, 15) is 36.4 Å². The molecule has 202 valence electrons. The van der Waals surface area contributed by atoms with E-state index in [4.69, 9.17) is 5.73 Å². The van der Waals surface area contributed by atoms with Crippen LogP contribution in [0, 0.1) is 17.5 Å². The monoisotopic (exact) mass is 558 g/mol. The van der Waals surface area contributed by atoms with Gasteiger partial charge in [-0.25, -0.2) is 26.1 Å². The van der Waals surface area contributed by atoms with Gasteiger partial charge in [-0.1, -0.05) is 12.1 Å². The minimum Gasteiger partial charge on any atom is -0.423 e. The first-order valence-corrected chi connectivity index (χ1v) is 13.6. The quantitative estimate of drug-likeness (QED) is 0.283. The van der Waals surface area contributed by atoms with Crippen molar-refractivity contribution in [1.29, 1.82) is 0 Å². The molecule has 0 radical (unpaired) electrons. The van der Waals surface area contributed by atoms with Crippen LogP contribution in [0.15, 0.2) is 48.7 Å². The summed E-state index contributed by atoms with van der Waals surface area (Å²) in [6.45, 7) is -0.608. The highest BCUT2D eigenvalue weighted by atomic mass is 32.2. The second kappa shape index (κ2) is 9.70. The van der Waals surface area contributed by atoms with Crippen molar-refractivity contribution in [3.05, 3.63) is 82.8 Å². The molecule has 1 amide bonds. The standard InChI is InChI=1S/C25H22BF3N4O5S/c1-39(37,38)33(11-15-6-9-18(26(35)36)23(29)22(15)28)20-12-32-19(10-17(20)13-2-3-13)21(25(30)34)24(31-32)14-4-7-16(27)8-5-14/h4-10,12-13,35-36H,2-3,11H2,1H3,(H2,30,34). The van der Waals surface area contributed by atoms with Crippen molar-refractivity contribution < 1.29 is 36.4 Å². The van der Waals surface area contributed by atoms with Gasteiger partial charge < -0.3 is 15.8 Å². The molecule has 2 heterocycles. The maximum Gasteiger partial charge on any atom is 0.491 e. The average Bonchev–Trinajstić information content (AvgIpc) is 3.63. The molecule has 2 aromatic carbocycles. The van der Waals surface area contributed by atoms with E-state index in [0.29, 0.717) is 16.6 Å². The highest BCUT2D eigenvalue weighted by molar-refractivity contribution is 7.92. The van der Waals surface area contributed by atoms with Crippen LogP contribution in [0.3, 0.4) is 0 Å². The van der Waals surface area contributed by atoms with Gasteiger partial charge in [-0.15, -0.1) is 0 Å². The minimum atomic E-state index is -4.07. The van der Waals surface area contributed by atoms with Gasteiger partial charge in [0.05, 0.1) is 35.8 Å². The highest BCUT2D eigenvalue weighted by Crippen LogP contribution is 2.46. The van der Waals surface area contributed by atoms with Gasteiger partial charge in [0.15, 0.2) is 11.6 Å². The summed E-state index contributed by atoms with van der Waals surface area (Å²) in [5.41, 5.74) is 6.28. The van der Waals surface area contributed by atoms with Gasteiger partial charge in [0.1, 0.15) is 11.5 Å². The first-order valence-electron chi connectivity index (χ1n) is 11.8. The fraction of sp³-hybridized carbons (Fsp3) is 0.200. The van der Waals surface area contributed by atoms with E-state index in [-0.39, 0.29) is 28.4 Å². The van der Waals surface area contributed by atoms with Gasteiger partial charge in [0, 0.05) is 16.6 Å². The lowest BCUT2D eigenvalue weighted by Gasteiger charge is -2.26. The van der Waals surface area contributed by atoms with Gasteiger partial charge in [-0.3, -0.25) is 9.10 Å². The van der Waals surface area contributed by atoms with E-state index < -0.39 is 52.5 Å². The summed E-state index contributed by atoms with van der Waals surface area (Å²) in [7, 11) is -6.33. The molecule has 1 aliphatic rings. The number of benzene rings is 2. The Labute approximate surface area is 221 Å². The molecule has 1 aliphatic carbocycles. The number of hydrogen-bond acceptors (Lipinski definition) is 6. The van der Waals surface area contributed by atoms with Crippen LogP contribution in [0.5, 0.6) is 0 Å². The molecule has 0 aliphatic heterocycles. The predicted molar refractivity (Wildman–Crippen MR) is 138 cm³/mol. The van der Waals surface area contributed by atoms with E-state index in [1.54, 1.807) is 6.07 Å². The molecule has 0 saturated heterocycles. The van der Waals surface area contributed by atoms with Crippen molar-refractivity contribution in [2.45, 2.75) is 25.3 Å². The minimum absolute atomic E-state index is 0.0622. The highest BCUT2D eigenvalue weighted by Gasteiger charge is 2.33. The number of anilines is 1. The Hall–Kier alpha value is -3.88. The number of carbonyl (C=O) groups excluding carboxylic acids is 1. The molecule has 1 saturated carbocycles. The van der Waals surface area contributed by atoms with E-state index in [1.165, 1.54) is 35.0 Å². The van der Waals surface area contributed by atoms with E-state index >= 15 is 0 Å². The van der Waals surface area contributed by atoms with Gasteiger partial charge in [0.25, 0.3) is 5.91 Å². The summed E-state index contributed by atoms with van der Waals surface area (Å²) in [5, 5.41) is 22.9. The molecule has 0 unspecified atom stereocenters. The molecule has 4 aromatic rings. The van der Waals surface area contributed by atoms with Crippen molar-refractivity contribution in [1.82, 2.24) is 9.61 Å². The number of carbonyl (C=O) groups is 1. The molecule has 14 heteroatoms. The number of rotatable bonds is 8. The molecule has 5 rings (SSSR count). The zero-order valence-electron chi connectivity index (χ0n) is 20.5. The molecule has 1 fully saturated rings. The molecule has 0 spiro atoms. The molecular weight excluding hydrogens is 536 g/mol. The van der Waals surface area contributed by atoms with Crippen molar-refractivity contribution in [2.24, 2.45) is 5.73 Å². The number of hydrogen-bond donors (Lipinski definition) is 3. The number of nitrogens with two attached hydrogens (primary N) is 1. The third-order valence-corrected chi connectivity index (χ3v) is 7.74. The van der Waals surface area contributed by atoms with Gasteiger partial charge >= 0.3 is 7.12 Å². The number of pyridine rings is 1. The Morgan fingerprint density at radius 3 is 2.36 bits per heavy atom. The van der Waals surface area contributed by atoms with Crippen molar-refractivity contribution in [3.8, 4) is 11.3 Å². The zero-order valence-corrected chi connectivity index (χ0v) is 21.3. The summed E-state index contributed by atoms with van der Waals surface area (Å²) >= 11 is 0. The summed E-state index contributed by atoms with van der Waals surface area (Å²) in [6.07, 6.45) is 3.76. The maximum absolute atomic E-state index is 14.9. The molecule has 0 atom stereocenters. The van der Waals surface area contributed by atoms with Crippen LogP contribution >= 0.6 is 0 Å².